The minimum atomic E-state index is 0. The third kappa shape index (κ3) is 5.68. The number of thiophene rings is 1. The van der Waals surface area contributed by atoms with E-state index in [0.717, 1.165) is 63.2 Å². The van der Waals surface area contributed by atoms with Crippen LogP contribution in [0.5, 0.6) is 0 Å². The van der Waals surface area contributed by atoms with E-state index in [1.807, 2.05) is 28.8 Å². The van der Waals surface area contributed by atoms with Crippen LogP contribution < -0.4 is 10.6 Å². The van der Waals surface area contributed by atoms with Crippen molar-refractivity contribution in [3.05, 3.63) is 52.6 Å². The van der Waals surface area contributed by atoms with Gasteiger partial charge in [-0.15, -0.1) is 45.5 Å². The standard InChI is InChI=1S/C20H27N7OS.HI/c1-21-20(22-8-7-19-25-24-18-6-2-3-9-27(18)19)23-15-16(17-5-4-14-29-17)26-10-12-28-13-11-26;/h2-6,9,14,16H,7-8,10-13,15H2,1H3,(H2,21,22,23);1H. The molecule has 1 unspecified atom stereocenters. The van der Waals surface area contributed by atoms with Crippen molar-refractivity contribution < 1.29 is 4.74 Å². The van der Waals surface area contributed by atoms with Crippen LogP contribution in [-0.2, 0) is 11.2 Å². The minimum Gasteiger partial charge on any atom is -0.379 e. The van der Waals surface area contributed by atoms with E-state index >= 15 is 0 Å². The van der Waals surface area contributed by atoms with Gasteiger partial charge in [-0.2, -0.15) is 0 Å². The van der Waals surface area contributed by atoms with Crippen molar-refractivity contribution in [2.45, 2.75) is 12.5 Å². The van der Waals surface area contributed by atoms with Gasteiger partial charge in [0.2, 0.25) is 0 Å². The summed E-state index contributed by atoms with van der Waals surface area (Å²) in [5.41, 5.74) is 0.870. The van der Waals surface area contributed by atoms with Crippen LogP contribution in [0.15, 0.2) is 46.9 Å². The van der Waals surface area contributed by atoms with Crippen molar-refractivity contribution in [1.82, 2.24) is 30.1 Å². The SMILES string of the molecule is CN=C(NCCc1nnc2ccccn12)NCC(c1cccs1)N1CCOCC1.I. The van der Waals surface area contributed by atoms with Gasteiger partial charge in [0.15, 0.2) is 11.6 Å². The van der Waals surface area contributed by atoms with E-state index in [0.29, 0.717) is 6.04 Å². The Labute approximate surface area is 197 Å². The van der Waals surface area contributed by atoms with E-state index in [9.17, 15) is 0 Å². The van der Waals surface area contributed by atoms with Crippen molar-refractivity contribution in [3.63, 3.8) is 0 Å². The van der Waals surface area contributed by atoms with Gasteiger partial charge in [-0.05, 0) is 23.6 Å². The quantitative estimate of drug-likeness (QED) is 0.271. The second kappa shape index (κ2) is 11.6. The fourth-order valence-electron chi connectivity index (χ4n) is 3.55. The Morgan fingerprint density at radius 3 is 2.83 bits per heavy atom. The molecule has 8 nitrogen and oxygen atoms in total. The van der Waals surface area contributed by atoms with Gasteiger partial charge >= 0.3 is 0 Å². The maximum absolute atomic E-state index is 5.53. The summed E-state index contributed by atoms with van der Waals surface area (Å²) < 4.78 is 7.54. The van der Waals surface area contributed by atoms with Crippen LogP contribution in [0.2, 0.25) is 0 Å². The second-order valence-corrected chi connectivity index (χ2v) is 7.83. The highest BCUT2D eigenvalue weighted by atomic mass is 127. The lowest BCUT2D eigenvalue weighted by atomic mass is 10.2. The number of rotatable bonds is 7. The lowest BCUT2D eigenvalue weighted by Gasteiger charge is -2.34. The summed E-state index contributed by atoms with van der Waals surface area (Å²) >= 11 is 1.80. The number of hydrogen-bond donors (Lipinski definition) is 2. The molecule has 4 rings (SSSR count). The number of pyridine rings is 1. The summed E-state index contributed by atoms with van der Waals surface area (Å²) in [6, 6.07) is 10.6. The van der Waals surface area contributed by atoms with Crippen LogP contribution in [-0.4, -0.2) is 71.9 Å². The molecule has 1 fully saturated rings. The predicted molar refractivity (Wildman–Crippen MR) is 131 cm³/mol. The predicted octanol–water partition coefficient (Wildman–Crippen LogP) is 2.19. The molecular weight excluding hydrogens is 513 g/mol. The number of hydrogen-bond acceptors (Lipinski definition) is 6. The third-order valence-corrected chi connectivity index (χ3v) is 6.04. The highest BCUT2D eigenvalue weighted by molar-refractivity contribution is 14.0. The number of aliphatic imine (C=N–C) groups is 1. The average Bonchev–Trinajstić information content (AvgIpc) is 3.44. The number of morpholine rings is 1. The minimum absolute atomic E-state index is 0. The Kier molecular flexibility index (Phi) is 8.85. The normalized spacial score (nSPS) is 16.2. The van der Waals surface area contributed by atoms with E-state index in [1.165, 1.54) is 4.88 Å². The largest absolute Gasteiger partial charge is 0.379 e. The zero-order chi connectivity index (χ0) is 19.9. The number of aromatic nitrogens is 3. The molecule has 3 aromatic heterocycles. The molecule has 162 valence electrons. The fourth-order valence-corrected chi connectivity index (χ4v) is 4.41. The second-order valence-electron chi connectivity index (χ2n) is 6.85. The van der Waals surface area contributed by atoms with Crippen LogP contribution in [0.1, 0.15) is 16.7 Å². The van der Waals surface area contributed by atoms with Crippen LogP contribution in [0.4, 0.5) is 0 Å². The first kappa shape index (κ1) is 22.9. The van der Waals surface area contributed by atoms with Gasteiger partial charge < -0.3 is 15.4 Å². The summed E-state index contributed by atoms with van der Waals surface area (Å²) in [6.07, 6.45) is 2.76. The molecule has 1 atom stereocenters. The highest BCUT2D eigenvalue weighted by Crippen LogP contribution is 2.25. The molecular formula is C20H28IN7OS. The number of nitrogens with zero attached hydrogens (tertiary/aromatic N) is 5. The summed E-state index contributed by atoms with van der Waals surface area (Å²) in [5, 5.41) is 17.5. The van der Waals surface area contributed by atoms with Gasteiger partial charge in [-0.3, -0.25) is 14.3 Å². The van der Waals surface area contributed by atoms with Crippen molar-refractivity contribution in [3.8, 4) is 0 Å². The monoisotopic (exact) mass is 541 g/mol. The molecule has 0 saturated carbocycles. The molecule has 10 heteroatoms. The van der Waals surface area contributed by atoms with Crippen molar-refractivity contribution in [2.24, 2.45) is 4.99 Å². The molecule has 4 heterocycles. The molecule has 3 aromatic rings. The Balaban J connectivity index is 0.00000256. The molecule has 0 spiro atoms. The zero-order valence-corrected chi connectivity index (χ0v) is 20.2. The number of ether oxygens (including phenoxy) is 1. The van der Waals surface area contributed by atoms with Crippen molar-refractivity contribution in [2.75, 3.05) is 46.4 Å². The topological polar surface area (TPSA) is 79.1 Å². The lowest BCUT2D eigenvalue weighted by Crippen LogP contribution is -2.46. The number of halogens is 1. The molecule has 2 N–H and O–H groups in total. The number of guanidine groups is 1. The maximum atomic E-state index is 5.53. The first-order chi connectivity index (χ1) is 14.3. The number of nitrogens with one attached hydrogen (secondary N) is 2. The molecule has 0 aliphatic carbocycles. The Morgan fingerprint density at radius 2 is 2.07 bits per heavy atom. The molecule has 0 radical (unpaired) electrons. The average molecular weight is 541 g/mol. The van der Waals surface area contributed by atoms with Gasteiger partial charge in [0.05, 0.1) is 19.3 Å². The molecule has 0 aromatic carbocycles. The van der Waals surface area contributed by atoms with Crippen LogP contribution in [0.3, 0.4) is 0 Å². The molecule has 30 heavy (non-hydrogen) atoms. The summed E-state index contributed by atoms with van der Waals surface area (Å²) in [7, 11) is 1.80. The van der Waals surface area contributed by atoms with E-state index in [4.69, 9.17) is 4.74 Å². The van der Waals surface area contributed by atoms with E-state index < -0.39 is 0 Å². The highest BCUT2D eigenvalue weighted by Gasteiger charge is 2.23. The Morgan fingerprint density at radius 1 is 1.20 bits per heavy atom. The third-order valence-electron chi connectivity index (χ3n) is 5.07. The van der Waals surface area contributed by atoms with E-state index in [2.05, 4.69) is 48.2 Å². The van der Waals surface area contributed by atoms with Crippen molar-refractivity contribution in [1.29, 1.82) is 0 Å². The smallest absolute Gasteiger partial charge is 0.191 e. The van der Waals surface area contributed by atoms with Gasteiger partial charge in [0.25, 0.3) is 0 Å². The van der Waals surface area contributed by atoms with E-state index in [1.54, 1.807) is 18.4 Å². The van der Waals surface area contributed by atoms with Gasteiger partial charge in [-0.25, -0.2) is 0 Å². The fraction of sp³-hybridized carbons (Fsp3) is 0.450. The van der Waals surface area contributed by atoms with Gasteiger partial charge in [0, 0.05) is 50.7 Å². The summed E-state index contributed by atoms with van der Waals surface area (Å²) in [4.78, 5) is 8.23. The molecule has 0 amide bonds. The molecule has 1 aliphatic heterocycles. The molecule has 0 bridgehead atoms. The first-order valence-corrected chi connectivity index (χ1v) is 10.8. The zero-order valence-electron chi connectivity index (χ0n) is 17.0. The van der Waals surface area contributed by atoms with Crippen LogP contribution >= 0.6 is 35.3 Å². The van der Waals surface area contributed by atoms with Crippen LogP contribution in [0.25, 0.3) is 5.65 Å². The Bertz CT molecular complexity index is 924. The molecule has 1 aliphatic rings. The number of fused-ring (bicyclic) bond motifs is 1. The van der Waals surface area contributed by atoms with Gasteiger partial charge in [-0.1, -0.05) is 12.1 Å². The first-order valence-electron chi connectivity index (χ1n) is 9.93. The maximum Gasteiger partial charge on any atom is 0.191 e. The van der Waals surface area contributed by atoms with E-state index in [-0.39, 0.29) is 24.0 Å². The lowest BCUT2D eigenvalue weighted by molar-refractivity contribution is 0.0177. The summed E-state index contributed by atoms with van der Waals surface area (Å²) in [5.74, 6) is 1.74. The van der Waals surface area contributed by atoms with Gasteiger partial charge in [0.1, 0.15) is 5.82 Å². The Hall–Kier alpha value is -1.76. The van der Waals surface area contributed by atoms with Crippen LogP contribution in [0, 0.1) is 0 Å². The van der Waals surface area contributed by atoms with Crippen molar-refractivity contribution >= 4 is 46.9 Å². The molecule has 1 saturated heterocycles. The summed E-state index contributed by atoms with van der Waals surface area (Å²) in [6.45, 7) is 5.03.